The molecule has 1 spiro atoms. The minimum absolute atomic E-state index is 0.0673. The molecule has 0 aliphatic carbocycles. The number of rotatable bonds is 2. The lowest BCUT2D eigenvalue weighted by atomic mass is 9.73. The Balaban J connectivity index is 1.22. The van der Waals surface area contributed by atoms with E-state index in [-0.39, 0.29) is 11.8 Å². The van der Waals surface area contributed by atoms with E-state index in [0.29, 0.717) is 63.8 Å². The van der Waals surface area contributed by atoms with Gasteiger partial charge in [-0.25, -0.2) is 9.97 Å². The number of anilines is 1. The van der Waals surface area contributed by atoms with Gasteiger partial charge < -0.3 is 24.2 Å². The van der Waals surface area contributed by atoms with Crippen molar-refractivity contribution < 1.29 is 19.1 Å². The summed E-state index contributed by atoms with van der Waals surface area (Å²) in [6.45, 7) is 4.96. The first kappa shape index (κ1) is 25.4. The average molecular weight is 508 g/mol. The number of likely N-dealkylation sites (tertiary alicyclic amines) is 1. The molecule has 2 amide bonds. The third-order valence-corrected chi connectivity index (χ3v) is 8.00. The molecule has 2 aromatic rings. The normalized spacial score (nSPS) is 21.0. The van der Waals surface area contributed by atoms with Crippen molar-refractivity contribution >= 4 is 17.8 Å². The Morgan fingerprint density at radius 3 is 2.41 bits per heavy atom. The van der Waals surface area contributed by atoms with Crippen LogP contribution in [0.3, 0.4) is 0 Å². The Morgan fingerprint density at radius 2 is 1.65 bits per heavy atom. The van der Waals surface area contributed by atoms with Gasteiger partial charge in [0.15, 0.2) is 0 Å². The van der Waals surface area contributed by atoms with Gasteiger partial charge in [-0.05, 0) is 43.7 Å². The second-order valence-corrected chi connectivity index (χ2v) is 10.3. The van der Waals surface area contributed by atoms with Crippen molar-refractivity contribution in [3.05, 3.63) is 47.8 Å². The minimum atomic E-state index is -0.430. The number of piperidine rings is 1. The standard InChI is InChI=1S/C28H37N5O4/c1-31-14-19-37-24-8-3-2-6-22(24)7-4-5-9-28(26(31)35)10-12-32(13-11-28)25(34)23-20-29-27(30-21-23)33-15-17-36-18-16-33/h2-3,6,8,20-21H,4-5,7,9-19H2,1H3. The van der Waals surface area contributed by atoms with Gasteiger partial charge in [-0.3, -0.25) is 9.59 Å². The second-order valence-electron chi connectivity index (χ2n) is 10.3. The Bertz CT molecular complexity index is 1080. The number of para-hydroxylation sites is 1. The van der Waals surface area contributed by atoms with Gasteiger partial charge in [0.2, 0.25) is 11.9 Å². The monoisotopic (exact) mass is 507 g/mol. The van der Waals surface area contributed by atoms with Crippen LogP contribution < -0.4 is 9.64 Å². The number of carbonyl (C=O) groups excluding carboxylic acids is 2. The lowest BCUT2D eigenvalue weighted by Crippen LogP contribution is -2.51. The number of aryl methyl sites for hydroxylation is 1. The summed E-state index contributed by atoms with van der Waals surface area (Å²) in [5.74, 6) is 1.66. The maximum absolute atomic E-state index is 13.7. The molecule has 3 aliphatic rings. The van der Waals surface area contributed by atoms with Crippen molar-refractivity contribution in [3.63, 3.8) is 0 Å². The zero-order valence-corrected chi connectivity index (χ0v) is 21.7. The number of fused-ring (bicyclic) bond motifs is 1. The van der Waals surface area contributed by atoms with Gasteiger partial charge in [0.1, 0.15) is 12.4 Å². The summed E-state index contributed by atoms with van der Waals surface area (Å²) in [6, 6.07) is 8.19. The minimum Gasteiger partial charge on any atom is -0.491 e. The predicted molar refractivity (Wildman–Crippen MR) is 140 cm³/mol. The maximum atomic E-state index is 13.7. The Hall–Kier alpha value is -3.20. The fraction of sp³-hybridized carbons (Fsp3) is 0.571. The molecule has 4 heterocycles. The number of carbonyl (C=O) groups is 2. The molecule has 0 unspecified atom stereocenters. The van der Waals surface area contributed by atoms with Crippen LogP contribution in [0.15, 0.2) is 36.7 Å². The number of nitrogens with zero attached hydrogens (tertiary/aromatic N) is 5. The van der Waals surface area contributed by atoms with Crippen LogP contribution in [0.2, 0.25) is 0 Å². The number of likely N-dealkylation sites (N-methyl/N-ethyl adjacent to an activating group) is 1. The zero-order valence-electron chi connectivity index (χ0n) is 21.7. The summed E-state index contributed by atoms with van der Waals surface area (Å²) in [7, 11) is 1.87. The van der Waals surface area contributed by atoms with Gasteiger partial charge in [0.05, 0.1) is 30.7 Å². The lowest BCUT2D eigenvalue weighted by Gasteiger charge is -2.43. The highest BCUT2D eigenvalue weighted by atomic mass is 16.5. The van der Waals surface area contributed by atoms with Crippen LogP contribution in [0, 0.1) is 5.41 Å². The summed E-state index contributed by atoms with van der Waals surface area (Å²) in [5.41, 5.74) is 1.29. The largest absolute Gasteiger partial charge is 0.491 e. The van der Waals surface area contributed by atoms with E-state index in [1.54, 1.807) is 12.4 Å². The summed E-state index contributed by atoms with van der Waals surface area (Å²) in [5, 5.41) is 0. The molecule has 0 N–H and O–H groups in total. The number of aromatic nitrogens is 2. The summed E-state index contributed by atoms with van der Waals surface area (Å²) in [6.07, 6.45) is 8.36. The molecule has 1 aromatic carbocycles. The van der Waals surface area contributed by atoms with E-state index in [2.05, 4.69) is 27.0 Å². The van der Waals surface area contributed by atoms with Crippen LogP contribution in [-0.2, 0) is 16.0 Å². The summed E-state index contributed by atoms with van der Waals surface area (Å²) in [4.78, 5) is 41.5. The van der Waals surface area contributed by atoms with Crippen molar-refractivity contribution in [2.45, 2.75) is 38.5 Å². The van der Waals surface area contributed by atoms with E-state index in [0.717, 1.165) is 44.5 Å². The lowest BCUT2D eigenvalue weighted by molar-refractivity contribution is -0.144. The maximum Gasteiger partial charge on any atom is 0.256 e. The number of hydrogen-bond donors (Lipinski definition) is 0. The molecule has 5 rings (SSSR count). The highest BCUT2D eigenvalue weighted by Crippen LogP contribution is 2.39. The average Bonchev–Trinajstić information content (AvgIpc) is 2.95. The summed E-state index contributed by atoms with van der Waals surface area (Å²) >= 11 is 0. The van der Waals surface area contributed by atoms with Crippen molar-refractivity contribution in [1.29, 1.82) is 0 Å². The van der Waals surface area contributed by atoms with Crippen molar-refractivity contribution in [2.75, 3.05) is 64.5 Å². The number of ether oxygens (including phenoxy) is 2. The molecule has 37 heavy (non-hydrogen) atoms. The number of morpholine rings is 1. The predicted octanol–water partition coefficient (Wildman–Crippen LogP) is 2.80. The SMILES string of the molecule is CN1CCOc2ccccc2CCCCC2(CCN(C(=O)c3cnc(N4CCOCC4)nc3)CC2)C1=O. The van der Waals surface area contributed by atoms with E-state index < -0.39 is 5.41 Å². The molecule has 0 radical (unpaired) electrons. The van der Waals surface area contributed by atoms with Crippen LogP contribution in [-0.4, -0.2) is 91.2 Å². The molecular formula is C28H37N5O4. The Kier molecular flexibility index (Phi) is 7.88. The molecule has 1 aromatic heterocycles. The van der Waals surface area contributed by atoms with Gasteiger partial charge in [-0.15, -0.1) is 0 Å². The molecule has 198 valence electrons. The Morgan fingerprint density at radius 1 is 0.919 bits per heavy atom. The van der Waals surface area contributed by atoms with Gasteiger partial charge in [-0.1, -0.05) is 24.6 Å². The Labute approximate surface area is 218 Å². The van der Waals surface area contributed by atoms with Crippen LogP contribution in [0.4, 0.5) is 5.95 Å². The third-order valence-electron chi connectivity index (χ3n) is 8.00. The highest BCUT2D eigenvalue weighted by Gasteiger charge is 2.43. The molecular weight excluding hydrogens is 470 g/mol. The van der Waals surface area contributed by atoms with Crippen LogP contribution in [0.5, 0.6) is 5.75 Å². The van der Waals surface area contributed by atoms with E-state index in [1.165, 1.54) is 5.56 Å². The highest BCUT2D eigenvalue weighted by molar-refractivity contribution is 5.94. The van der Waals surface area contributed by atoms with Crippen molar-refractivity contribution in [2.24, 2.45) is 5.41 Å². The van der Waals surface area contributed by atoms with Crippen LogP contribution in [0.25, 0.3) is 0 Å². The fourth-order valence-electron chi connectivity index (χ4n) is 5.68. The van der Waals surface area contributed by atoms with Gasteiger partial charge >= 0.3 is 0 Å². The number of amides is 2. The van der Waals surface area contributed by atoms with Crippen LogP contribution in [0.1, 0.15) is 48.0 Å². The van der Waals surface area contributed by atoms with E-state index in [4.69, 9.17) is 9.47 Å². The van der Waals surface area contributed by atoms with E-state index in [9.17, 15) is 9.59 Å². The van der Waals surface area contributed by atoms with Gasteiger partial charge in [0.25, 0.3) is 5.91 Å². The smallest absolute Gasteiger partial charge is 0.256 e. The molecule has 9 nitrogen and oxygen atoms in total. The van der Waals surface area contributed by atoms with E-state index >= 15 is 0 Å². The molecule has 0 saturated carbocycles. The van der Waals surface area contributed by atoms with Crippen molar-refractivity contribution in [3.8, 4) is 5.75 Å². The molecule has 3 aliphatic heterocycles. The third kappa shape index (κ3) is 5.71. The molecule has 9 heteroatoms. The first-order chi connectivity index (χ1) is 18.1. The molecule has 0 bridgehead atoms. The topological polar surface area (TPSA) is 88.1 Å². The zero-order chi connectivity index (χ0) is 25.7. The second kappa shape index (κ2) is 11.5. The van der Waals surface area contributed by atoms with Crippen LogP contribution >= 0.6 is 0 Å². The van der Waals surface area contributed by atoms with E-state index in [1.807, 2.05) is 29.0 Å². The summed E-state index contributed by atoms with van der Waals surface area (Å²) < 4.78 is 11.4. The molecule has 0 atom stereocenters. The molecule has 2 fully saturated rings. The van der Waals surface area contributed by atoms with Gasteiger partial charge in [0, 0.05) is 45.6 Å². The fourth-order valence-corrected chi connectivity index (χ4v) is 5.68. The quantitative estimate of drug-likeness (QED) is 0.618. The van der Waals surface area contributed by atoms with Crippen molar-refractivity contribution in [1.82, 2.24) is 19.8 Å². The first-order valence-corrected chi connectivity index (χ1v) is 13.5. The van der Waals surface area contributed by atoms with Gasteiger partial charge in [-0.2, -0.15) is 0 Å². The first-order valence-electron chi connectivity index (χ1n) is 13.5. The molecule has 2 saturated heterocycles. The number of benzene rings is 1. The number of hydrogen-bond acceptors (Lipinski definition) is 7.